The second-order valence-corrected chi connectivity index (χ2v) is 7.71. The number of rotatable bonds is 4. The van der Waals surface area contributed by atoms with E-state index in [0.717, 1.165) is 12.8 Å². The van der Waals surface area contributed by atoms with Crippen molar-refractivity contribution in [1.29, 1.82) is 0 Å². The molecule has 0 amide bonds. The maximum Gasteiger partial charge on any atom is 0.246 e. The summed E-state index contributed by atoms with van der Waals surface area (Å²) in [5.41, 5.74) is 0. The molecule has 22 heavy (non-hydrogen) atoms. The van der Waals surface area contributed by atoms with Crippen molar-refractivity contribution >= 4 is 10.0 Å². The van der Waals surface area contributed by atoms with E-state index in [1.807, 2.05) is 20.9 Å². The third-order valence-electron chi connectivity index (χ3n) is 3.96. The van der Waals surface area contributed by atoms with Gasteiger partial charge in [0, 0.05) is 25.8 Å². The quantitative estimate of drug-likeness (QED) is 0.841. The summed E-state index contributed by atoms with van der Waals surface area (Å²) in [6.45, 7) is 4.41. The Morgan fingerprint density at radius 2 is 2.14 bits per heavy atom. The van der Waals surface area contributed by atoms with E-state index in [2.05, 4.69) is 15.3 Å². The fourth-order valence-electron chi connectivity index (χ4n) is 2.75. The lowest BCUT2D eigenvalue weighted by Gasteiger charge is -2.22. The molecule has 1 atom stereocenters. The Kier molecular flexibility index (Phi) is 3.77. The zero-order valence-electron chi connectivity index (χ0n) is 12.9. The van der Waals surface area contributed by atoms with Gasteiger partial charge in [-0.2, -0.15) is 9.40 Å². The van der Waals surface area contributed by atoms with Crippen LogP contribution in [-0.2, 0) is 17.1 Å². The number of hydrogen-bond acceptors (Lipinski definition) is 5. The summed E-state index contributed by atoms with van der Waals surface area (Å²) in [5.74, 6) is 0.678. The average Bonchev–Trinajstić information content (AvgIpc) is 3.18. The van der Waals surface area contributed by atoms with E-state index >= 15 is 0 Å². The van der Waals surface area contributed by atoms with Crippen molar-refractivity contribution < 1.29 is 8.42 Å². The predicted octanol–water partition coefficient (Wildman–Crippen LogP) is 1.12. The van der Waals surface area contributed by atoms with E-state index < -0.39 is 10.0 Å². The van der Waals surface area contributed by atoms with Gasteiger partial charge in [-0.3, -0.25) is 4.68 Å². The molecule has 0 spiro atoms. The van der Waals surface area contributed by atoms with Crippen molar-refractivity contribution in [3.05, 3.63) is 24.5 Å². The Morgan fingerprint density at radius 3 is 2.73 bits per heavy atom. The van der Waals surface area contributed by atoms with Crippen LogP contribution in [-0.4, -0.2) is 43.8 Å². The molecule has 1 aliphatic heterocycles. The second kappa shape index (κ2) is 5.47. The van der Waals surface area contributed by atoms with Crippen LogP contribution in [0.2, 0.25) is 0 Å². The minimum Gasteiger partial charge on any atom is -0.319 e. The van der Waals surface area contributed by atoms with Crippen LogP contribution in [0.4, 0.5) is 0 Å². The first kappa shape index (κ1) is 15.2. The molecule has 3 rings (SSSR count). The molecule has 0 saturated carbocycles. The Morgan fingerprint density at radius 1 is 1.36 bits per heavy atom. The van der Waals surface area contributed by atoms with Crippen LogP contribution in [0.5, 0.6) is 0 Å². The number of hydrogen-bond donors (Lipinski definition) is 0. The first-order valence-electron chi connectivity index (χ1n) is 7.31. The highest BCUT2D eigenvalue weighted by molar-refractivity contribution is 7.89. The van der Waals surface area contributed by atoms with Gasteiger partial charge in [0.1, 0.15) is 11.2 Å². The molecule has 0 aromatic carbocycles. The van der Waals surface area contributed by atoms with Crippen LogP contribution in [0.1, 0.15) is 44.6 Å². The van der Waals surface area contributed by atoms with Crippen LogP contribution >= 0.6 is 0 Å². The van der Waals surface area contributed by atoms with Crippen LogP contribution in [0, 0.1) is 0 Å². The Balaban J connectivity index is 1.95. The smallest absolute Gasteiger partial charge is 0.246 e. The van der Waals surface area contributed by atoms with Gasteiger partial charge in [0.05, 0.1) is 12.2 Å². The zero-order valence-corrected chi connectivity index (χ0v) is 13.7. The lowest BCUT2D eigenvalue weighted by molar-refractivity contribution is 0.376. The van der Waals surface area contributed by atoms with Gasteiger partial charge in [0.25, 0.3) is 0 Å². The largest absolute Gasteiger partial charge is 0.319 e. The third-order valence-corrected chi connectivity index (χ3v) is 5.82. The van der Waals surface area contributed by atoms with E-state index in [1.54, 1.807) is 21.8 Å². The molecule has 1 fully saturated rings. The molecule has 0 aliphatic carbocycles. The molecule has 0 unspecified atom stereocenters. The van der Waals surface area contributed by atoms with E-state index in [1.165, 1.54) is 10.5 Å². The molecule has 3 heterocycles. The molecule has 2 aromatic rings. The van der Waals surface area contributed by atoms with Gasteiger partial charge in [-0.15, -0.1) is 10.2 Å². The van der Waals surface area contributed by atoms with Crippen molar-refractivity contribution in [3.63, 3.8) is 0 Å². The highest BCUT2D eigenvalue weighted by atomic mass is 32.2. The Labute approximate surface area is 129 Å². The van der Waals surface area contributed by atoms with Gasteiger partial charge in [0.2, 0.25) is 10.0 Å². The second-order valence-electron chi connectivity index (χ2n) is 5.82. The van der Waals surface area contributed by atoms with Gasteiger partial charge >= 0.3 is 0 Å². The lowest BCUT2D eigenvalue weighted by Crippen LogP contribution is -2.31. The number of aromatic nitrogens is 5. The van der Waals surface area contributed by atoms with Gasteiger partial charge in [-0.25, -0.2) is 8.42 Å². The topological polar surface area (TPSA) is 85.9 Å². The summed E-state index contributed by atoms with van der Waals surface area (Å²) in [6, 6.07) is -0.142. The van der Waals surface area contributed by atoms with Crippen molar-refractivity contribution in [2.45, 2.75) is 43.7 Å². The van der Waals surface area contributed by atoms with E-state index in [4.69, 9.17) is 0 Å². The molecule has 120 valence electrons. The third kappa shape index (κ3) is 2.44. The fourth-order valence-corrected chi connectivity index (χ4v) is 4.35. The molecule has 1 aliphatic rings. The van der Waals surface area contributed by atoms with Crippen LogP contribution in [0.25, 0.3) is 0 Å². The van der Waals surface area contributed by atoms with Crippen LogP contribution in [0.3, 0.4) is 0 Å². The summed E-state index contributed by atoms with van der Waals surface area (Å²) in [6.07, 6.45) is 6.17. The average molecular weight is 324 g/mol. The Bertz CT molecular complexity index is 763. The minimum absolute atomic E-state index is 0.122. The summed E-state index contributed by atoms with van der Waals surface area (Å²) < 4.78 is 30.7. The molecular weight excluding hydrogens is 304 g/mol. The maximum absolute atomic E-state index is 12.9. The number of nitrogens with zero attached hydrogens (tertiary/aromatic N) is 6. The van der Waals surface area contributed by atoms with E-state index in [0.29, 0.717) is 12.4 Å². The summed E-state index contributed by atoms with van der Waals surface area (Å²) in [7, 11) is -1.75. The number of sulfonamides is 1. The molecule has 0 bridgehead atoms. The SMILES string of the molecule is CC(C)n1cc(S(=O)(=O)N2CCC[C@H]2c2nncn2C)cn1. The van der Waals surface area contributed by atoms with E-state index in [-0.39, 0.29) is 17.0 Å². The van der Waals surface area contributed by atoms with Crippen LogP contribution < -0.4 is 0 Å². The van der Waals surface area contributed by atoms with Crippen molar-refractivity contribution in [1.82, 2.24) is 28.9 Å². The van der Waals surface area contributed by atoms with Gasteiger partial charge in [-0.1, -0.05) is 0 Å². The monoisotopic (exact) mass is 324 g/mol. The molecule has 9 heteroatoms. The normalized spacial score (nSPS) is 20.1. The Hall–Kier alpha value is -1.74. The molecule has 8 nitrogen and oxygen atoms in total. The van der Waals surface area contributed by atoms with Crippen molar-refractivity contribution in [2.75, 3.05) is 6.54 Å². The van der Waals surface area contributed by atoms with Gasteiger partial charge < -0.3 is 4.57 Å². The predicted molar refractivity (Wildman–Crippen MR) is 79.5 cm³/mol. The highest BCUT2D eigenvalue weighted by Crippen LogP contribution is 2.35. The van der Waals surface area contributed by atoms with Crippen LogP contribution in [0.15, 0.2) is 23.6 Å². The standard InChI is InChI=1S/C13H20N6O2S/c1-10(2)18-8-11(7-15-18)22(20,21)19-6-4-5-12(19)13-16-14-9-17(13)3/h7-10,12H,4-6H2,1-3H3/t12-/m0/s1. The lowest BCUT2D eigenvalue weighted by atomic mass is 10.2. The molecule has 0 N–H and O–H groups in total. The highest BCUT2D eigenvalue weighted by Gasteiger charge is 2.39. The molecule has 1 saturated heterocycles. The van der Waals surface area contributed by atoms with Crippen molar-refractivity contribution in [3.8, 4) is 0 Å². The summed E-state index contributed by atoms with van der Waals surface area (Å²) >= 11 is 0. The summed E-state index contributed by atoms with van der Waals surface area (Å²) in [5, 5.41) is 12.1. The fraction of sp³-hybridized carbons (Fsp3) is 0.615. The van der Waals surface area contributed by atoms with Crippen molar-refractivity contribution in [2.24, 2.45) is 7.05 Å². The zero-order chi connectivity index (χ0) is 15.9. The van der Waals surface area contributed by atoms with Gasteiger partial charge in [-0.05, 0) is 26.7 Å². The summed E-state index contributed by atoms with van der Waals surface area (Å²) in [4.78, 5) is 0.232. The number of aryl methyl sites for hydroxylation is 1. The van der Waals surface area contributed by atoms with Gasteiger partial charge in [0.15, 0.2) is 5.82 Å². The first-order chi connectivity index (χ1) is 10.4. The molecular formula is C13H20N6O2S. The molecule has 0 radical (unpaired) electrons. The van der Waals surface area contributed by atoms with E-state index in [9.17, 15) is 8.42 Å². The first-order valence-corrected chi connectivity index (χ1v) is 8.75. The molecule has 2 aromatic heterocycles. The maximum atomic E-state index is 12.9. The minimum atomic E-state index is -3.57.